The maximum atomic E-state index is 5.16. The highest BCUT2D eigenvalue weighted by atomic mass is 16.5. The molecule has 0 bridgehead atoms. The lowest BCUT2D eigenvalue weighted by molar-refractivity contribution is 0.191. The Kier molecular flexibility index (Phi) is 3.97. The first-order valence-electron chi connectivity index (χ1n) is 7.17. The van der Waals surface area contributed by atoms with Gasteiger partial charge < -0.3 is 9.30 Å². The van der Waals surface area contributed by atoms with Crippen molar-refractivity contribution >= 4 is 11.2 Å². The summed E-state index contributed by atoms with van der Waals surface area (Å²) in [5.41, 5.74) is 4.23. The molecule has 4 nitrogen and oxygen atoms in total. The van der Waals surface area contributed by atoms with Gasteiger partial charge in [0.25, 0.3) is 0 Å². The lowest BCUT2D eigenvalue weighted by Gasteiger charge is -2.09. The molecule has 3 aromatic rings. The Balaban J connectivity index is 2.09. The Morgan fingerprint density at radius 3 is 2.90 bits per heavy atom. The number of aryl methyl sites for hydroxylation is 2. The number of methoxy groups -OCH3 is 1. The van der Waals surface area contributed by atoms with E-state index in [-0.39, 0.29) is 0 Å². The number of pyridine rings is 1. The van der Waals surface area contributed by atoms with Gasteiger partial charge in [-0.25, -0.2) is 9.97 Å². The summed E-state index contributed by atoms with van der Waals surface area (Å²) < 4.78 is 7.35. The number of hydrogen-bond acceptors (Lipinski definition) is 3. The zero-order chi connectivity index (χ0) is 14.7. The van der Waals surface area contributed by atoms with Crippen LogP contribution in [-0.2, 0) is 11.3 Å². The molecule has 0 fully saturated rings. The van der Waals surface area contributed by atoms with E-state index >= 15 is 0 Å². The molecule has 4 heteroatoms. The van der Waals surface area contributed by atoms with Crippen molar-refractivity contribution in [2.75, 3.05) is 13.7 Å². The van der Waals surface area contributed by atoms with Crippen molar-refractivity contribution in [3.63, 3.8) is 0 Å². The summed E-state index contributed by atoms with van der Waals surface area (Å²) in [4.78, 5) is 9.25. The van der Waals surface area contributed by atoms with E-state index in [1.165, 1.54) is 5.56 Å². The minimum absolute atomic E-state index is 0.736. The summed E-state index contributed by atoms with van der Waals surface area (Å²) >= 11 is 0. The van der Waals surface area contributed by atoms with Gasteiger partial charge in [-0.05, 0) is 31.5 Å². The molecule has 0 unspecified atom stereocenters. The quantitative estimate of drug-likeness (QED) is 0.673. The van der Waals surface area contributed by atoms with Crippen molar-refractivity contribution in [3.8, 4) is 11.4 Å². The molecule has 0 spiro atoms. The summed E-state index contributed by atoms with van der Waals surface area (Å²) in [7, 11) is 1.73. The molecule has 0 amide bonds. The summed E-state index contributed by atoms with van der Waals surface area (Å²) in [6.07, 6.45) is 2.76. The maximum Gasteiger partial charge on any atom is 0.160 e. The topological polar surface area (TPSA) is 39.9 Å². The van der Waals surface area contributed by atoms with Crippen molar-refractivity contribution < 1.29 is 4.74 Å². The van der Waals surface area contributed by atoms with Crippen molar-refractivity contribution in [2.45, 2.75) is 19.9 Å². The van der Waals surface area contributed by atoms with Gasteiger partial charge in [0, 0.05) is 32.0 Å². The molecule has 0 aliphatic rings. The predicted octanol–water partition coefficient (Wildman–Crippen LogP) is 3.44. The third-order valence-electron chi connectivity index (χ3n) is 3.51. The number of aromatic nitrogens is 3. The maximum absolute atomic E-state index is 5.16. The van der Waals surface area contributed by atoms with Crippen molar-refractivity contribution in [1.29, 1.82) is 0 Å². The van der Waals surface area contributed by atoms with Crippen LogP contribution in [0, 0.1) is 6.92 Å². The van der Waals surface area contributed by atoms with Crippen LogP contribution in [0.15, 0.2) is 42.6 Å². The molecule has 0 aliphatic carbocycles. The Morgan fingerprint density at radius 1 is 1.19 bits per heavy atom. The second-order valence-electron chi connectivity index (χ2n) is 5.15. The molecule has 0 radical (unpaired) electrons. The minimum atomic E-state index is 0.736. The molecule has 0 atom stereocenters. The second-order valence-corrected chi connectivity index (χ2v) is 5.15. The average molecular weight is 281 g/mol. The van der Waals surface area contributed by atoms with Crippen LogP contribution < -0.4 is 0 Å². The molecule has 0 saturated heterocycles. The largest absolute Gasteiger partial charge is 0.385 e. The van der Waals surface area contributed by atoms with Gasteiger partial charge in [0.1, 0.15) is 11.3 Å². The third-order valence-corrected chi connectivity index (χ3v) is 3.51. The summed E-state index contributed by atoms with van der Waals surface area (Å²) in [6, 6.07) is 12.4. The first-order chi connectivity index (χ1) is 10.3. The van der Waals surface area contributed by atoms with E-state index < -0.39 is 0 Å². The molecule has 21 heavy (non-hydrogen) atoms. The zero-order valence-electron chi connectivity index (χ0n) is 12.4. The number of fused-ring (bicyclic) bond motifs is 1. The molecule has 0 N–H and O–H groups in total. The Morgan fingerprint density at radius 2 is 2.10 bits per heavy atom. The highest BCUT2D eigenvalue weighted by molar-refractivity contribution is 5.77. The van der Waals surface area contributed by atoms with Crippen LogP contribution in [0.1, 0.15) is 12.0 Å². The Bertz CT molecular complexity index is 749. The fraction of sp³-hybridized carbons (Fsp3) is 0.294. The number of benzene rings is 1. The van der Waals surface area contributed by atoms with Gasteiger partial charge in [0.15, 0.2) is 5.65 Å². The summed E-state index contributed by atoms with van der Waals surface area (Å²) in [5.74, 6) is 0.975. The predicted molar refractivity (Wildman–Crippen MR) is 84.2 cm³/mol. The van der Waals surface area contributed by atoms with Gasteiger partial charge in [-0.2, -0.15) is 0 Å². The lowest BCUT2D eigenvalue weighted by atomic mass is 10.1. The number of ether oxygens (including phenoxy) is 1. The monoisotopic (exact) mass is 281 g/mol. The molecular weight excluding hydrogens is 262 g/mol. The van der Waals surface area contributed by atoms with Gasteiger partial charge in [-0.15, -0.1) is 0 Å². The zero-order valence-corrected chi connectivity index (χ0v) is 12.4. The normalized spacial score (nSPS) is 11.1. The molecular formula is C17H19N3O. The molecule has 1 aromatic carbocycles. The van der Waals surface area contributed by atoms with E-state index in [4.69, 9.17) is 9.72 Å². The van der Waals surface area contributed by atoms with Crippen molar-refractivity contribution in [1.82, 2.24) is 14.5 Å². The first kappa shape index (κ1) is 13.8. The van der Waals surface area contributed by atoms with E-state index in [1.807, 2.05) is 18.3 Å². The smallest absolute Gasteiger partial charge is 0.160 e. The summed E-state index contributed by atoms with van der Waals surface area (Å²) in [6.45, 7) is 3.68. The fourth-order valence-electron chi connectivity index (χ4n) is 2.54. The SMILES string of the molecule is COCCCn1c(-c2cccc(C)c2)nc2cccnc21. The lowest BCUT2D eigenvalue weighted by Crippen LogP contribution is -2.04. The average Bonchev–Trinajstić information content (AvgIpc) is 2.87. The highest BCUT2D eigenvalue weighted by Crippen LogP contribution is 2.24. The van der Waals surface area contributed by atoms with Gasteiger partial charge in [0.2, 0.25) is 0 Å². The van der Waals surface area contributed by atoms with Crippen LogP contribution in [0.5, 0.6) is 0 Å². The van der Waals surface area contributed by atoms with Crippen LogP contribution in [0.4, 0.5) is 0 Å². The van der Waals surface area contributed by atoms with E-state index in [0.29, 0.717) is 0 Å². The standard InChI is InChI=1S/C17H19N3O/c1-13-6-3-7-14(12-13)16-19-15-8-4-9-18-17(15)20(16)10-5-11-21-2/h3-4,6-9,12H,5,10-11H2,1-2H3. The minimum Gasteiger partial charge on any atom is -0.385 e. The molecule has 3 rings (SSSR count). The van der Waals surface area contributed by atoms with Gasteiger partial charge >= 0.3 is 0 Å². The van der Waals surface area contributed by atoms with Crippen molar-refractivity contribution in [2.24, 2.45) is 0 Å². The van der Waals surface area contributed by atoms with E-state index in [9.17, 15) is 0 Å². The third kappa shape index (κ3) is 2.81. The van der Waals surface area contributed by atoms with E-state index in [0.717, 1.165) is 42.1 Å². The Labute approximate surface area is 124 Å². The Hall–Kier alpha value is -2.20. The van der Waals surface area contributed by atoms with Crippen molar-refractivity contribution in [3.05, 3.63) is 48.2 Å². The first-order valence-corrected chi connectivity index (χ1v) is 7.17. The summed E-state index contributed by atoms with van der Waals surface area (Å²) in [5, 5.41) is 0. The second kappa shape index (κ2) is 6.06. The number of imidazole rings is 1. The molecule has 2 aromatic heterocycles. The van der Waals surface area contributed by atoms with E-state index in [2.05, 4.69) is 40.7 Å². The van der Waals surface area contributed by atoms with Crippen LogP contribution >= 0.6 is 0 Å². The number of hydrogen-bond donors (Lipinski definition) is 0. The van der Waals surface area contributed by atoms with Gasteiger partial charge in [-0.1, -0.05) is 23.8 Å². The van der Waals surface area contributed by atoms with Crippen LogP contribution in [0.2, 0.25) is 0 Å². The fourth-order valence-corrected chi connectivity index (χ4v) is 2.54. The molecule has 2 heterocycles. The number of rotatable bonds is 5. The van der Waals surface area contributed by atoms with Crippen LogP contribution in [-0.4, -0.2) is 28.3 Å². The van der Waals surface area contributed by atoms with Gasteiger partial charge in [0.05, 0.1) is 0 Å². The van der Waals surface area contributed by atoms with Crippen LogP contribution in [0.3, 0.4) is 0 Å². The van der Waals surface area contributed by atoms with E-state index in [1.54, 1.807) is 7.11 Å². The van der Waals surface area contributed by atoms with Crippen LogP contribution in [0.25, 0.3) is 22.6 Å². The molecule has 0 saturated carbocycles. The number of nitrogens with zero attached hydrogens (tertiary/aromatic N) is 3. The van der Waals surface area contributed by atoms with Gasteiger partial charge in [-0.3, -0.25) is 0 Å². The molecule has 0 aliphatic heterocycles. The molecule has 108 valence electrons. The highest BCUT2D eigenvalue weighted by Gasteiger charge is 2.13.